The van der Waals surface area contributed by atoms with Crippen molar-refractivity contribution < 1.29 is 17.6 Å². The minimum absolute atomic E-state index is 0.119. The number of rotatable bonds is 1. The maximum atomic E-state index is 13.3. The number of alkyl halides is 3. The van der Waals surface area contributed by atoms with Crippen LogP contribution in [0.4, 0.5) is 13.2 Å². The first-order valence-electron chi connectivity index (χ1n) is 6.27. The SMILES string of the molecule is O=c1oc(C(F)(F)F)c(-c2ccc(Br)cc2)c2ccccc12. The molecule has 1 aromatic heterocycles. The lowest BCUT2D eigenvalue weighted by Gasteiger charge is -2.13. The number of benzene rings is 2. The van der Waals surface area contributed by atoms with E-state index in [1.807, 2.05) is 0 Å². The Morgan fingerprint density at radius 1 is 0.909 bits per heavy atom. The molecule has 0 aliphatic heterocycles. The summed E-state index contributed by atoms with van der Waals surface area (Å²) in [7, 11) is 0. The quantitative estimate of drug-likeness (QED) is 0.587. The van der Waals surface area contributed by atoms with Gasteiger partial charge < -0.3 is 4.42 Å². The molecule has 0 spiro atoms. The molecule has 0 aliphatic carbocycles. The first kappa shape index (κ1) is 14.8. The molecule has 112 valence electrons. The molecular formula is C16H8BrF3O2. The second kappa shape index (κ2) is 5.28. The third-order valence-electron chi connectivity index (χ3n) is 3.23. The third kappa shape index (κ3) is 2.54. The van der Waals surface area contributed by atoms with E-state index in [0.29, 0.717) is 5.56 Å². The third-order valence-corrected chi connectivity index (χ3v) is 3.76. The van der Waals surface area contributed by atoms with E-state index >= 15 is 0 Å². The van der Waals surface area contributed by atoms with E-state index in [-0.39, 0.29) is 16.3 Å². The van der Waals surface area contributed by atoms with Crippen molar-refractivity contribution in [2.75, 3.05) is 0 Å². The Morgan fingerprint density at radius 2 is 1.50 bits per heavy atom. The standard InChI is InChI=1S/C16H8BrF3O2/c17-10-7-5-9(6-8-10)13-11-3-1-2-4-12(11)15(21)22-14(13)16(18,19)20/h1-8H. The van der Waals surface area contributed by atoms with Crippen LogP contribution >= 0.6 is 15.9 Å². The van der Waals surface area contributed by atoms with Crippen LogP contribution < -0.4 is 5.63 Å². The van der Waals surface area contributed by atoms with Crippen molar-refractivity contribution in [3.63, 3.8) is 0 Å². The van der Waals surface area contributed by atoms with Crippen molar-refractivity contribution in [1.82, 2.24) is 0 Å². The summed E-state index contributed by atoms with van der Waals surface area (Å²) in [5.74, 6) is -1.28. The molecule has 3 aromatic rings. The van der Waals surface area contributed by atoms with E-state index in [2.05, 4.69) is 20.3 Å². The zero-order chi connectivity index (χ0) is 15.9. The Hall–Kier alpha value is -2.08. The van der Waals surface area contributed by atoms with Crippen LogP contribution in [-0.2, 0) is 6.18 Å². The molecule has 0 aliphatic rings. The van der Waals surface area contributed by atoms with E-state index in [1.165, 1.54) is 12.1 Å². The van der Waals surface area contributed by atoms with Gasteiger partial charge in [0.1, 0.15) is 0 Å². The molecular weight excluding hydrogens is 361 g/mol. The van der Waals surface area contributed by atoms with Gasteiger partial charge in [-0.2, -0.15) is 13.2 Å². The molecule has 22 heavy (non-hydrogen) atoms. The van der Waals surface area contributed by atoms with Gasteiger partial charge in [0.05, 0.1) is 5.39 Å². The van der Waals surface area contributed by atoms with Crippen LogP contribution in [0.2, 0.25) is 0 Å². The summed E-state index contributed by atoms with van der Waals surface area (Å²) >= 11 is 3.24. The summed E-state index contributed by atoms with van der Waals surface area (Å²) in [6, 6.07) is 12.5. The van der Waals surface area contributed by atoms with Crippen LogP contribution in [0.3, 0.4) is 0 Å². The highest BCUT2D eigenvalue weighted by Crippen LogP contribution is 2.40. The monoisotopic (exact) mass is 368 g/mol. The van der Waals surface area contributed by atoms with Crippen LogP contribution in [0, 0.1) is 0 Å². The second-order valence-corrected chi connectivity index (χ2v) is 5.56. The van der Waals surface area contributed by atoms with Gasteiger partial charge in [-0.3, -0.25) is 0 Å². The van der Waals surface area contributed by atoms with Gasteiger partial charge in [-0.05, 0) is 23.8 Å². The van der Waals surface area contributed by atoms with Crippen LogP contribution in [0.25, 0.3) is 21.9 Å². The summed E-state index contributed by atoms with van der Waals surface area (Å²) in [5, 5.41) is 0.335. The maximum absolute atomic E-state index is 13.3. The molecule has 0 fully saturated rings. The zero-order valence-corrected chi connectivity index (χ0v) is 12.5. The molecule has 0 atom stereocenters. The van der Waals surface area contributed by atoms with Crippen molar-refractivity contribution in [2.24, 2.45) is 0 Å². The molecule has 2 aromatic carbocycles. The van der Waals surface area contributed by atoms with Crippen molar-refractivity contribution in [3.05, 3.63) is 69.2 Å². The fourth-order valence-corrected chi connectivity index (χ4v) is 2.57. The van der Waals surface area contributed by atoms with Gasteiger partial charge in [-0.25, -0.2) is 4.79 Å². The number of halogens is 4. The van der Waals surface area contributed by atoms with Crippen molar-refractivity contribution >= 4 is 26.7 Å². The summed E-state index contributed by atoms with van der Waals surface area (Å²) in [6.45, 7) is 0. The Balaban J connectivity index is 2.46. The van der Waals surface area contributed by atoms with E-state index in [1.54, 1.807) is 36.4 Å². The lowest BCUT2D eigenvalue weighted by molar-refractivity contribution is -0.153. The van der Waals surface area contributed by atoms with Crippen molar-refractivity contribution in [2.45, 2.75) is 6.18 Å². The highest BCUT2D eigenvalue weighted by Gasteiger charge is 2.39. The molecule has 2 nitrogen and oxygen atoms in total. The molecule has 0 amide bonds. The summed E-state index contributed by atoms with van der Waals surface area (Å²) < 4.78 is 45.2. The van der Waals surface area contributed by atoms with Crippen molar-refractivity contribution in [1.29, 1.82) is 0 Å². The van der Waals surface area contributed by atoms with Gasteiger partial charge >= 0.3 is 11.8 Å². The van der Waals surface area contributed by atoms with Gasteiger partial charge in [0, 0.05) is 15.4 Å². The Morgan fingerprint density at radius 3 is 2.09 bits per heavy atom. The topological polar surface area (TPSA) is 30.2 Å². The summed E-state index contributed by atoms with van der Waals surface area (Å²) in [4.78, 5) is 11.8. The molecule has 0 saturated heterocycles. The summed E-state index contributed by atoms with van der Waals surface area (Å²) in [5.41, 5.74) is -0.797. The van der Waals surface area contributed by atoms with Crippen molar-refractivity contribution in [3.8, 4) is 11.1 Å². The number of fused-ring (bicyclic) bond motifs is 1. The Kier molecular flexibility index (Phi) is 3.56. The lowest BCUT2D eigenvalue weighted by atomic mass is 9.98. The van der Waals surface area contributed by atoms with Gasteiger partial charge in [0.25, 0.3) is 0 Å². The molecule has 6 heteroatoms. The lowest BCUT2D eigenvalue weighted by Crippen LogP contribution is -2.13. The minimum Gasteiger partial charge on any atom is -0.417 e. The average molecular weight is 369 g/mol. The van der Waals surface area contributed by atoms with E-state index in [4.69, 9.17) is 0 Å². The fraction of sp³-hybridized carbons (Fsp3) is 0.0625. The minimum atomic E-state index is -4.76. The van der Waals surface area contributed by atoms with E-state index in [0.717, 1.165) is 4.47 Å². The van der Waals surface area contributed by atoms with Gasteiger partial charge in [-0.15, -0.1) is 0 Å². The number of hydrogen-bond donors (Lipinski definition) is 0. The van der Waals surface area contributed by atoms with Crippen LogP contribution in [-0.4, -0.2) is 0 Å². The Bertz CT molecular complexity index is 896. The smallest absolute Gasteiger partial charge is 0.417 e. The van der Waals surface area contributed by atoms with E-state index in [9.17, 15) is 18.0 Å². The van der Waals surface area contributed by atoms with Crippen LogP contribution in [0.15, 0.2) is 62.2 Å². The maximum Gasteiger partial charge on any atom is 0.450 e. The predicted molar refractivity (Wildman–Crippen MR) is 80.6 cm³/mol. The van der Waals surface area contributed by atoms with Crippen LogP contribution in [0.1, 0.15) is 5.76 Å². The molecule has 0 N–H and O–H groups in total. The summed E-state index contributed by atoms with van der Waals surface area (Å²) in [6.07, 6.45) is -4.76. The van der Waals surface area contributed by atoms with Crippen LogP contribution in [0.5, 0.6) is 0 Å². The molecule has 0 radical (unpaired) electrons. The predicted octanol–water partition coefficient (Wildman–Crippen LogP) is 5.24. The molecule has 0 saturated carbocycles. The van der Waals surface area contributed by atoms with Gasteiger partial charge in [-0.1, -0.05) is 46.3 Å². The molecule has 3 rings (SSSR count). The Labute approximate surface area is 131 Å². The zero-order valence-electron chi connectivity index (χ0n) is 10.9. The average Bonchev–Trinajstić information content (AvgIpc) is 2.47. The van der Waals surface area contributed by atoms with Gasteiger partial charge in [0.15, 0.2) is 0 Å². The fourth-order valence-electron chi connectivity index (χ4n) is 2.30. The molecule has 0 bridgehead atoms. The van der Waals surface area contributed by atoms with E-state index < -0.39 is 17.6 Å². The highest BCUT2D eigenvalue weighted by atomic mass is 79.9. The second-order valence-electron chi connectivity index (χ2n) is 4.64. The normalized spacial score (nSPS) is 11.8. The molecule has 0 unspecified atom stereocenters. The largest absolute Gasteiger partial charge is 0.450 e. The first-order valence-corrected chi connectivity index (χ1v) is 7.06. The molecule has 1 heterocycles. The highest BCUT2D eigenvalue weighted by molar-refractivity contribution is 9.10. The number of hydrogen-bond acceptors (Lipinski definition) is 2. The first-order chi connectivity index (χ1) is 10.4. The van der Waals surface area contributed by atoms with Gasteiger partial charge in [0.2, 0.25) is 5.76 Å².